The Labute approximate surface area is 186 Å². The standard InChI is InChI=1S/C30H19Cl/c31-26-15-13-20(14-16-26)21-9-10-23-18-25(12-11-22(23)17-21)30-19-24-5-1-2-6-27(24)28-7-3-4-8-29(28)30/h1-19H. The summed E-state index contributed by atoms with van der Waals surface area (Å²) < 4.78 is 0. The van der Waals surface area contributed by atoms with Crippen LogP contribution in [-0.4, -0.2) is 0 Å². The van der Waals surface area contributed by atoms with E-state index in [1.807, 2.05) is 12.1 Å². The highest BCUT2D eigenvalue weighted by atomic mass is 35.5. The zero-order valence-corrected chi connectivity index (χ0v) is 17.6. The fourth-order valence-corrected chi connectivity index (χ4v) is 4.65. The van der Waals surface area contributed by atoms with Crippen molar-refractivity contribution in [3.63, 3.8) is 0 Å². The van der Waals surface area contributed by atoms with Crippen molar-refractivity contribution in [1.29, 1.82) is 0 Å². The van der Waals surface area contributed by atoms with Crippen LogP contribution in [0.15, 0.2) is 115 Å². The van der Waals surface area contributed by atoms with Crippen molar-refractivity contribution in [1.82, 2.24) is 0 Å². The van der Waals surface area contributed by atoms with Gasteiger partial charge in [0.15, 0.2) is 0 Å². The van der Waals surface area contributed by atoms with Crippen molar-refractivity contribution in [2.75, 3.05) is 0 Å². The van der Waals surface area contributed by atoms with Crippen LogP contribution in [0.4, 0.5) is 0 Å². The van der Waals surface area contributed by atoms with Gasteiger partial charge in [-0.2, -0.15) is 0 Å². The number of rotatable bonds is 2. The van der Waals surface area contributed by atoms with Crippen molar-refractivity contribution in [2.45, 2.75) is 0 Å². The van der Waals surface area contributed by atoms with E-state index in [1.54, 1.807) is 0 Å². The van der Waals surface area contributed by atoms with Crippen LogP contribution in [0.25, 0.3) is 54.6 Å². The van der Waals surface area contributed by atoms with E-state index in [0.29, 0.717) is 0 Å². The summed E-state index contributed by atoms with van der Waals surface area (Å²) in [4.78, 5) is 0. The van der Waals surface area contributed by atoms with Gasteiger partial charge in [-0.25, -0.2) is 0 Å². The molecular weight excluding hydrogens is 396 g/mol. The summed E-state index contributed by atoms with van der Waals surface area (Å²) in [5.41, 5.74) is 4.90. The summed E-state index contributed by atoms with van der Waals surface area (Å²) in [7, 11) is 0. The van der Waals surface area contributed by atoms with Crippen LogP contribution in [0.1, 0.15) is 0 Å². The maximum Gasteiger partial charge on any atom is 0.0406 e. The number of benzene rings is 6. The molecule has 0 nitrogen and oxygen atoms in total. The summed E-state index contributed by atoms with van der Waals surface area (Å²) in [5, 5.41) is 8.40. The van der Waals surface area contributed by atoms with E-state index in [1.165, 1.54) is 54.6 Å². The zero-order chi connectivity index (χ0) is 20.8. The van der Waals surface area contributed by atoms with E-state index in [-0.39, 0.29) is 0 Å². The molecule has 0 heterocycles. The van der Waals surface area contributed by atoms with Gasteiger partial charge in [-0.1, -0.05) is 96.5 Å². The highest BCUT2D eigenvalue weighted by Crippen LogP contribution is 2.36. The monoisotopic (exact) mass is 414 g/mol. The molecule has 1 heteroatoms. The lowest BCUT2D eigenvalue weighted by Gasteiger charge is -2.12. The number of hydrogen-bond acceptors (Lipinski definition) is 0. The van der Waals surface area contributed by atoms with Gasteiger partial charge >= 0.3 is 0 Å². The second-order valence-electron chi connectivity index (χ2n) is 7.97. The van der Waals surface area contributed by atoms with E-state index in [9.17, 15) is 0 Å². The van der Waals surface area contributed by atoms with Crippen LogP contribution >= 0.6 is 11.6 Å². The summed E-state index contributed by atoms with van der Waals surface area (Å²) in [5.74, 6) is 0. The Morgan fingerprint density at radius 2 is 0.968 bits per heavy atom. The normalized spacial score (nSPS) is 11.4. The predicted molar refractivity (Wildman–Crippen MR) is 135 cm³/mol. The lowest BCUT2D eigenvalue weighted by atomic mass is 9.92. The first-order chi connectivity index (χ1) is 15.3. The van der Waals surface area contributed by atoms with Crippen LogP contribution in [0, 0.1) is 0 Å². The van der Waals surface area contributed by atoms with Gasteiger partial charge in [-0.3, -0.25) is 0 Å². The summed E-state index contributed by atoms with van der Waals surface area (Å²) in [6.07, 6.45) is 0. The molecule has 0 radical (unpaired) electrons. The minimum Gasteiger partial charge on any atom is -0.0843 e. The van der Waals surface area contributed by atoms with E-state index in [0.717, 1.165) is 5.02 Å². The minimum absolute atomic E-state index is 0.761. The third-order valence-electron chi connectivity index (χ3n) is 6.10. The predicted octanol–water partition coefficient (Wildman–Crippen LogP) is 9.13. The van der Waals surface area contributed by atoms with Gasteiger partial charge in [-0.05, 0) is 84.9 Å². The first-order valence-corrected chi connectivity index (χ1v) is 10.8. The first-order valence-electron chi connectivity index (χ1n) is 10.5. The lowest BCUT2D eigenvalue weighted by molar-refractivity contribution is 1.64. The van der Waals surface area contributed by atoms with Crippen LogP contribution in [0.3, 0.4) is 0 Å². The van der Waals surface area contributed by atoms with E-state index >= 15 is 0 Å². The van der Waals surface area contributed by atoms with E-state index in [4.69, 9.17) is 11.6 Å². The van der Waals surface area contributed by atoms with Gasteiger partial charge in [0, 0.05) is 5.02 Å². The van der Waals surface area contributed by atoms with Gasteiger partial charge in [0.1, 0.15) is 0 Å². The summed E-state index contributed by atoms with van der Waals surface area (Å²) >= 11 is 6.05. The van der Waals surface area contributed by atoms with Crippen molar-refractivity contribution >= 4 is 43.9 Å². The molecule has 6 rings (SSSR count). The Kier molecular flexibility index (Phi) is 4.26. The quantitative estimate of drug-likeness (QED) is 0.248. The van der Waals surface area contributed by atoms with Gasteiger partial charge in [0.25, 0.3) is 0 Å². The SMILES string of the molecule is Clc1ccc(-c2ccc3cc(-c4cc5ccccc5c5ccccc45)ccc3c2)cc1. The van der Waals surface area contributed by atoms with Crippen molar-refractivity contribution in [3.05, 3.63) is 120 Å². The molecule has 0 aliphatic carbocycles. The lowest BCUT2D eigenvalue weighted by Crippen LogP contribution is -1.85. The molecule has 0 aromatic heterocycles. The molecule has 0 bridgehead atoms. The minimum atomic E-state index is 0.761. The molecule has 0 amide bonds. The number of fused-ring (bicyclic) bond motifs is 4. The Hall–Kier alpha value is -3.61. The van der Waals surface area contributed by atoms with Crippen LogP contribution in [0.5, 0.6) is 0 Å². The molecule has 0 atom stereocenters. The molecule has 0 N–H and O–H groups in total. The molecule has 0 aliphatic heterocycles. The average Bonchev–Trinajstić information content (AvgIpc) is 2.83. The highest BCUT2D eigenvalue weighted by molar-refractivity contribution is 6.30. The molecular formula is C30H19Cl. The molecule has 0 unspecified atom stereocenters. The highest BCUT2D eigenvalue weighted by Gasteiger charge is 2.09. The largest absolute Gasteiger partial charge is 0.0843 e. The fraction of sp³-hybridized carbons (Fsp3) is 0. The van der Waals surface area contributed by atoms with Gasteiger partial charge in [0.2, 0.25) is 0 Å². The second kappa shape index (κ2) is 7.27. The number of halogens is 1. The van der Waals surface area contributed by atoms with E-state index < -0.39 is 0 Å². The molecule has 31 heavy (non-hydrogen) atoms. The Balaban J connectivity index is 1.52. The van der Waals surface area contributed by atoms with Crippen molar-refractivity contribution in [2.24, 2.45) is 0 Å². The summed E-state index contributed by atoms with van der Waals surface area (Å²) in [6, 6.07) is 41.1. The third-order valence-corrected chi connectivity index (χ3v) is 6.35. The second-order valence-corrected chi connectivity index (χ2v) is 8.41. The topological polar surface area (TPSA) is 0 Å². The Bertz CT molecular complexity index is 1580. The van der Waals surface area contributed by atoms with Crippen LogP contribution in [-0.2, 0) is 0 Å². The van der Waals surface area contributed by atoms with Crippen LogP contribution in [0.2, 0.25) is 5.02 Å². The van der Waals surface area contributed by atoms with Crippen LogP contribution < -0.4 is 0 Å². The summed E-state index contributed by atoms with van der Waals surface area (Å²) in [6.45, 7) is 0. The first kappa shape index (κ1) is 18.2. The average molecular weight is 415 g/mol. The van der Waals surface area contributed by atoms with E-state index in [2.05, 4.69) is 103 Å². The van der Waals surface area contributed by atoms with Gasteiger partial charge < -0.3 is 0 Å². The molecule has 0 fully saturated rings. The maximum absolute atomic E-state index is 6.05. The molecule has 0 saturated carbocycles. The van der Waals surface area contributed by atoms with Crippen molar-refractivity contribution in [3.8, 4) is 22.3 Å². The maximum atomic E-state index is 6.05. The molecule has 0 aliphatic rings. The molecule has 0 saturated heterocycles. The van der Waals surface area contributed by atoms with Gasteiger partial charge in [0.05, 0.1) is 0 Å². The van der Waals surface area contributed by atoms with Crippen molar-refractivity contribution < 1.29 is 0 Å². The smallest absolute Gasteiger partial charge is 0.0406 e. The zero-order valence-electron chi connectivity index (χ0n) is 16.8. The molecule has 0 spiro atoms. The number of hydrogen-bond donors (Lipinski definition) is 0. The Morgan fingerprint density at radius 1 is 0.387 bits per heavy atom. The third kappa shape index (κ3) is 3.17. The van der Waals surface area contributed by atoms with Gasteiger partial charge in [-0.15, -0.1) is 0 Å². The molecule has 6 aromatic carbocycles. The Morgan fingerprint density at radius 3 is 1.74 bits per heavy atom. The molecule has 146 valence electrons. The molecule has 6 aromatic rings. The fourth-order valence-electron chi connectivity index (χ4n) is 4.53.